The van der Waals surface area contributed by atoms with Gasteiger partial charge in [-0.1, -0.05) is 29.8 Å². The van der Waals surface area contributed by atoms with Crippen LogP contribution in [0.15, 0.2) is 53.8 Å². The lowest BCUT2D eigenvalue weighted by atomic mass is 10.2. The van der Waals surface area contributed by atoms with E-state index in [2.05, 4.69) is 9.98 Å². The Balaban J connectivity index is 2.23. The summed E-state index contributed by atoms with van der Waals surface area (Å²) < 4.78 is 0. The third-order valence-electron chi connectivity index (χ3n) is 1.92. The Morgan fingerprint density at radius 1 is 1.07 bits per heavy atom. The number of hydrogen-bond donors (Lipinski definition) is 0. The quantitative estimate of drug-likeness (QED) is 0.706. The van der Waals surface area contributed by atoms with Crippen LogP contribution in [0.1, 0.15) is 5.56 Å². The Labute approximate surface area is 93.3 Å². The molecule has 0 aliphatic heterocycles. The van der Waals surface area contributed by atoms with Crippen molar-refractivity contribution in [1.29, 1.82) is 0 Å². The van der Waals surface area contributed by atoms with Crippen LogP contribution < -0.4 is 0 Å². The van der Waals surface area contributed by atoms with Crippen LogP contribution in [0, 0.1) is 0 Å². The minimum Gasteiger partial charge on any atom is -0.265 e. The molecule has 1 aromatic heterocycles. The first-order chi connectivity index (χ1) is 7.36. The molecule has 2 rings (SSSR count). The Kier molecular flexibility index (Phi) is 3.10. The summed E-state index contributed by atoms with van der Waals surface area (Å²) in [6, 6.07) is 11.3. The fourth-order valence-corrected chi connectivity index (χ4v) is 1.34. The van der Waals surface area contributed by atoms with Crippen LogP contribution in [-0.2, 0) is 0 Å². The number of aromatic nitrogens is 1. The zero-order valence-electron chi connectivity index (χ0n) is 7.97. The first kappa shape index (κ1) is 9.87. The van der Waals surface area contributed by atoms with Gasteiger partial charge in [0.25, 0.3) is 0 Å². The largest absolute Gasteiger partial charge is 0.265 e. The molecular formula is C12H9ClN2. The number of aliphatic imine (C=N–C) groups is 1. The van der Waals surface area contributed by atoms with Crippen LogP contribution in [0.5, 0.6) is 0 Å². The second-order valence-corrected chi connectivity index (χ2v) is 3.39. The number of benzene rings is 1. The predicted octanol–water partition coefficient (Wildman–Crippen LogP) is 3.49. The molecule has 2 nitrogen and oxygen atoms in total. The Bertz CT molecular complexity index is 466. The molecule has 0 N–H and O–H groups in total. The first-order valence-electron chi connectivity index (χ1n) is 4.55. The van der Waals surface area contributed by atoms with Crippen molar-refractivity contribution in [2.24, 2.45) is 4.99 Å². The normalized spacial score (nSPS) is 10.7. The summed E-state index contributed by atoms with van der Waals surface area (Å²) in [5.74, 6) is 0. The molecule has 15 heavy (non-hydrogen) atoms. The number of nitrogens with zero attached hydrogens (tertiary/aromatic N) is 2. The molecule has 0 aliphatic carbocycles. The van der Waals surface area contributed by atoms with Gasteiger partial charge in [0, 0.05) is 29.2 Å². The number of halogens is 1. The summed E-state index contributed by atoms with van der Waals surface area (Å²) in [6.45, 7) is 0. The molecule has 0 saturated carbocycles. The van der Waals surface area contributed by atoms with Crippen molar-refractivity contribution >= 4 is 23.5 Å². The third-order valence-corrected chi connectivity index (χ3v) is 2.26. The highest BCUT2D eigenvalue weighted by molar-refractivity contribution is 6.33. The zero-order chi connectivity index (χ0) is 10.5. The van der Waals surface area contributed by atoms with Crippen LogP contribution >= 0.6 is 11.6 Å². The van der Waals surface area contributed by atoms with Crippen molar-refractivity contribution < 1.29 is 0 Å². The van der Waals surface area contributed by atoms with E-state index in [1.165, 1.54) is 0 Å². The smallest absolute Gasteiger partial charge is 0.0660 e. The Hall–Kier alpha value is -1.67. The van der Waals surface area contributed by atoms with Crippen molar-refractivity contribution in [3.05, 3.63) is 59.4 Å². The second kappa shape index (κ2) is 4.71. The van der Waals surface area contributed by atoms with E-state index < -0.39 is 0 Å². The van der Waals surface area contributed by atoms with Gasteiger partial charge in [-0.15, -0.1) is 0 Å². The zero-order valence-corrected chi connectivity index (χ0v) is 8.72. The van der Waals surface area contributed by atoms with E-state index >= 15 is 0 Å². The standard InChI is InChI=1S/C12H9ClN2/c13-12-4-2-1-3-10(12)9-15-11-5-7-14-8-6-11/h1-9H. The summed E-state index contributed by atoms with van der Waals surface area (Å²) in [4.78, 5) is 8.21. The van der Waals surface area contributed by atoms with E-state index in [0.29, 0.717) is 5.02 Å². The van der Waals surface area contributed by atoms with Crippen LogP contribution in [0.3, 0.4) is 0 Å². The maximum atomic E-state index is 5.99. The molecule has 0 unspecified atom stereocenters. The van der Waals surface area contributed by atoms with Crippen LogP contribution in [0.4, 0.5) is 5.69 Å². The van der Waals surface area contributed by atoms with Gasteiger partial charge < -0.3 is 0 Å². The topological polar surface area (TPSA) is 25.2 Å². The molecule has 3 heteroatoms. The van der Waals surface area contributed by atoms with Crippen molar-refractivity contribution in [1.82, 2.24) is 4.98 Å². The Morgan fingerprint density at radius 2 is 1.80 bits per heavy atom. The third kappa shape index (κ3) is 2.64. The molecule has 0 fully saturated rings. The predicted molar refractivity (Wildman–Crippen MR) is 62.9 cm³/mol. The SMILES string of the molecule is Clc1ccccc1C=Nc1ccncc1. The fraction of sp³-hybridized carbons (Fsp3) is 0. The highest BCUT2D eigenvalue weighted by Crippen LogP contribution is 2.14. The minimum absolute atomic E-state index is 0.704. The van der Waals surface area contributed by atoms with Gasteiger partial charge in [0.15, 0.2) is 0 Å². The van der Waals surface area contributed by atoms with Gasteiger partial charge in [-0.2, -0.15) is 0 Å². The molecule has 0 amide bonds. The van der Waals surface area contributed by atoms with Gasteiger partial charge in [0.2, 0.25) is 0 Å². The summed E-state index contributed by atoms with van der Waals surface area (Å²) in [7, 11) is 0. The molecule has 0 aliphatic rings. The van der Waals surface area contributed by atoms with Crippen LogP contribution in [0.25, 0.3) is 0 Å². The van der Waals surface area contributed by atoms with Gasteiger partial charge in [-0.25, -0.2) is 0 Å². The van der Waals surface area contributed by atoms with E-state index in [1.54, 1.807) is 18.6 Å². The fourth-order valence-electron chi connectivity index (χ4n) is 1.15. The van der Waals surface area contributed by atoms with Gasteiger partial charge >= 0.3 is 0 Å². The number of rotatable bonds is 2. The lowest BCUT2D eigenvalue weighted by molar-refractivity contribution is 1.32. The molecule has 0 atom stereocenters. The van der Waals surface area contributed by atoms with Crippen LogP contribution in [-0.4, -0.2) is 11.2 Å². The van der Waals surface area contributed by atoms with Gasteiger partial charge in [-0.3, -0.25) is 9.98 Å². The average Bonchev–Trinajstić information content (AvgIpc) is 2.29. The first-order valence-corrected chi connectivity index (χ1v) is 4.93. The van der Waals surface area contributed by atoms with Gasteiger partial charge in [-0.05, 0) is 18.2 Å². The molecule has 0 radical (unpaired) electrons. The summed E-state index contributed by atoms with van der Waals surface area (Å²) in [5.41, 5.74) is 1.78. The monoisotopic (exact) mass is 216 g/mol. The summed E-state index contributed by atoms with van der Waals surface area (Å²) in [6.07, 6.45) is 5.16. The molecule has 2 aromatic rings. The highest BCUT2D eigenvalue weighted by Gasteiger charge is 1.93. The number of hydrogen-bond acceptors (Lipinski definition) is 2. The van der Waals surface area contributed by atoms with Gasteiger partial charge in [0.05, 0.1) is 5.69 Å². The summed E-state index contributed by atoms with van der Waals surface area (Å²) >= 11 is 5.99. The average molecular weight is 217 g/mol. The lowest BCUT2D eigenvalue weighted by Crippen LogP contribution is -1.81. The summed E-state index contributed by atoms with van der Waals surface area (Å²) in [5, 5.41) is 0.704. The molecule has 0 spiro atoms. The van der Waals surface area contributed by atoms with Crippen molar-refractivity contribution in [3.63, 3.8) is 0 Å². The Morgan fingerprint density at radius 3 is 2.53 bits per heavy atom. The van der Waals surface area contributed by atoms with Crippen LogP contribution in [0.2, 0.25) is 5.02 Å². The van der Waals surface area contributed by atoms with E-state index in [4.69, 9.17) is 11.6 Å². The number of pyridine rings is 1. The van der Waals surface area contributed by atoms with E-state index in [9.17, 15) is 0 Å². The maximum absolute atomic E-state index is 5.99. The molecule has 0 saturated heterocycles. The highest BCUT2D eigenvalue weighted by atomic mass is 35.5. The molecular weight excluding hydrogens is 208 g/mol. The van der Waals surface area contributed by atoms with Crippen molar-refractivity contribution in [2.75, 3.05) is 0 Å². The molecule has 0 bridgehead atoms. The minimum atomic E-state index is 0.704. The second-order valence-electron chi connectivity index (χ2n) is 2.99. The van der Waals surface area contributed by atoms with Gasteiger partial charge in [0.1, 0.15) is 0 Å². The molecule has 1 heterocycles. The molecule has 1 aromatic carbocycles. The maximum Gasteiger partial charge on any atom is 0.0660 e. The molecule has 74 valence electrons. The van der Waals surface area contributed by atoms with Crippen molar-refractivity contribution in [2.45, 2.75) is 0 Å². The van der Waals surface area contributed by atoms with Crippen molar-refractivity contribution in [3.8, 4) is 0 Å². The van der Waals surface area contributed by atoms with E-state index in [1.807, 2.05) is 36.4 Å². The van der Waals surface area contributed by atoms with E-state index in [-0.39, 0.29) is 0 Å². The lowest BCUT2D eigenvalue weighted by Gasteiger charge is -1.95. The van der Waals surface area contributed by atoms with E-state index in [0.717, 1.165) is 11.3 Å².